The average Bonchev–Trinajstić information content (AvgIpc) is 2.84. The number of amides is 1. The van der Waals surface area contributed by atoms with Crippen molar-refractivity contribution in [2.45, 2.75) is 6.04 Å². The van der Waals surface area contributed by atoms with Gasteiger partial charge in [0.2, 0.25) is 0 Å². The number of hydrogen-bond donors (Lipinski definition) is 2. The predicted molar refractivity (Wildman–Crippen MR) is 76.1 cm³/mol. The van der Waals surface area contributed by atoms with Gasteiger partial charge < -0.3 is 10.4 Å². The van der Waals surface area contributed by atoms with Crippen LogP contribution in [0.2, 0.25) is 0 Å². The van der Waals surface area contributed by atoms with Crippen molar-refractivity contribution in [2.75, 3.05) is 0 Å². The fourth-order valence-electron chi connectivity index (χ4n) is 2.31. The molecule has 1 aromatic heterocycles. The zero-order chi connectivity index (χ0) is 14.8. The van der Waals surface area contributed by atoms with Crippen LogP contribution < -0.4 is 5.32 Å². The van der Waals surface area contributed by atoms with Gasteiger partial charge >= 0.3 is 0 Å². The number of nitrogens with zero attached hydrogens (tertiary/aromatic N) is 1. The molecule has 3 rings (SSSR count). The summed E-state index contributed by atoms with van der Waals surface area (Å²) >= 11 is 0. The van der Waals surface area contributed by atoms with E-state index in [1.54, 1.807) is 54.9 Å². The van der Waals surface area contributed by atoms with E-state index in [2.05, 4.69) is 10.3 Å². The third-order valence-electron chi connectivity index (χ3n) is 3.34. The number of aromatic nitrogens is 1. The van der Waals surface area contributed by atoms with Crippen LogP contribution in [0.4, 0.5) is 0 Å². The van der Waals surface area contributed by atoms with E-state index in [0.29, 0.717) is 11.1 Å². The molecule has 1 atom stereocenters. The summed E-state index contributed by atoms with van der Waals surface area (Å²) in [5, 5.41) is 13.0. The maximum Gasteiger partial charge on any atom is 0.293 e. The fourth-order valence-corrected chi connectivity index (χ4v) is 2.31. The lowest BCUT2D eigenvalue weighted by atomic mass is 9.97. The van der Waals surface area contributed by atoms with Crippen molar-refractivity contribution in [3.05, 3.63) is 71.6 Å². The van der Waals surface area contributed by atoms with Crippen LogP contribution in [0.1, 0.15) is 17.2 Å². The molecule has 2 aromatic rings. The molecule has 2 heterocycles. The Morgan fingerprint density at radius 1 is 1.10 bits per heavy atom. The maximum atomic E-state index is 12.1. The van der Waals surface area contributed by atoms with E-state index in [1.807, 2.05) is 0 Å². The first kappa shape index (κ1) is 13.1. The number of benzene rings is 1. The van der Waals surface area contributed by atoms with Crippen LogP contribution in [0.15, 0.2) is 60.4 Å². The van der Waals surface area contributed by atoms with Crippen LogP contribution in [0, 0.1) is 0 Å². The van der Waals surface area contributed by atoms with E-state index < -0.39 is 17.7 Å². The number of hydrogen-bond acceptors (Lipinski definition) is 4. The van der Waals surface area contributed by atoms with E-state index >= 15 is 0 Å². The van der Waals surface area contributed by atoms with Crippen molar-refractivity contribution in [2.24, 2.45) is 0 Å². The number of carbonyl (C=O) groups is 2. The Labute approximate surface area is 121 Å². The molecule has 2 N–H and O–H groups in total. The van der Waals surface area contributed by atoms with Gasteiger partial charge in [-0.2, -0.15) is 0 Å². The molecule has 1 aromatic carbocycles. The van der Waals surface area contributed by atoms with Crippen LogP contribution in [-0.4, -0.2) is 21.8 Å². The standard InChI is InChI=1S/C16H12N2O3/c19-14(10-5-2-1-3-6-10)12-13(18-16(21)15(12)20)11-7-4-8-17-9-11/h1-9,13,19H,(H,18,21)/b14-12+. The highest BCUT2D eigenvalue weighted by Crippen LogP contribution is 2.32. The molecular formula is C16H12N2O3. The van der Waals surface area contributed by atoms with Crippen LogP contribution in [-0.2, 0) is 9.59 Å². The van der Waals surface area contributed by atoms with Gasteiger partial charge in [0.15, 0.2) is 0 Å². The minimum absolute atomic E-state index is 0.0548. The molecule has 1 aliphatic heterocycles. The SMILES string of the molecule is O=C1NC(c2cccnc2)/C(=C(\O)c2ccccc2)C1=O. The normalized spacial score (nSPS) is 20.3. The van der Waals surface area contributed by atoms with E-state index in [-0.39, 0.29) is 11.3 Å². The monoisotopic (exact) mass is 280 g/mol. The van der Waals surface area contributed by atoms with Crippen molar-refractivity contribution in [1.82, 2.24) is 10.3 Å². The first-order chi connectivity index (χ1) is 10.2. The average molecular weight is 280 g/mol. The topological polar surface area (TPSA) is 79.3 Å². The van der Waals surface area contributed by atoms with E-state index in [0.717, 1.165) is 0 Å². The predicted octanol–water partition coefficient (Wildman–Crippen LogP) is 1.79. The summed E-state index contributed by atoms with van der Waals surface area (Å²) < 4.78 is 0. The molecule has 1 amide bonds. The lowest BCUT2D eigenvalue weighted by Gasteiger charge is -2.13. The summed E-state index contributed by atoms with van der Waals surface area (Å²) in [6.45, 7) is 0. The molecule has 1 unspecified atom stereocenters. The zero-order valence-corrected chi connectivity index (χ0v) is 11.0. The molecule has 1 fully saturated rings. The van der Waals surface area contributed by atoms with Gasteiger partial charge in [0.25, 0.3) is 11.7 Å². The Morgan fingerprint density at radius 3 is 2.52 bits per heavy atom. The van der Waals surface area contributed by atoms with Gasteiger partial charge in [-0.15, -0.1) is 0 Å². The quantitative estimate of drug-likeness (QED) is 0.499. The van der Waals surface area contributed by atoms with Gasteiger partial charge in [-0.05, 0) is 11.6 Å². The smallest absolute Gasteiger partial charge is 0.293 e. The van der Waals surface area contributed by atoms with Crippen LogP contribution in [0.3, 0.4) is 0 Å². The Kier molecular flexibility index (Phi) is 3.23. The molecule has 0 saturated carbocycles. The number of carbonyl (C=O) groups excluding carboxylic acids is 2. The second-order valence-electron chi connectivity index (χ2n) is 4.65. The van der Waals surface area contributed by atoms with Gasteiger partial charge in [-0.25, -0.2) is 0 Å². The number of nitrogens with one attached hydrogen (secondary N) is 1. The van der Waals surface area contributed by atoms with Crippen molar-refractivity contribution in [3.63, 3.8) is 0 Å². The minimum atomic E-state index is -0.721. The number of aliphatic hydroxyl groups excluding tert-OH is 1. The fraction of sp³-hybridized carbons (Fsp3) is 0.0625. The van der Waals surface area contributed by atoms with E-state index in [4.69, 9.17) is 0 Å². The molecule has 1 saturated heterocycles. The molecule has 0 bridgehead atoms. The number of rotatable bonds is 2. The van der Waals surface area contributed by atoms with Gasteiger partial charge in [-0.1, -0.05) is 36.4 Å². The largest absolute Gasteiger partial charge is 0.507 e. The molecular weight excluding hydrogens is 268 g/mol. The molecule has 1 aliphatic rings. The summed E-state index contributed by atoms with van der Waals surface area (Å²) in [5.41, 5.74) is 1.19. The minimum Gasteiger partial charge on any atom is -0.507 e. The molecule has 5 heteroatoms. The molecule has 0 spiro atoms. The summed E-state index contributed by atoms with van der Waals surface area (Å²) in [6.07, 6.45) is 3.16. The Bertz CT molecular complexity index is 724. The van der Waals surface area contributed by atoms with Gasteiger partial charge in [-0.3, -0.25) is 14.6 Å². The number of pyridine rings is 1. The summed E-state index contributed by atoms with van der Waals surface area (Å²) in [4.78, 5) is 27.7. The molecule has 21 heavy (non-hydrogen) atoms. The maximum absolute atomic E-state index is 12.1. The zero-order valence-electron chi connectivity index (χ0n) is 11.0. The molecule has 104 valence electrons. The highest BCUT2D eigenvalue weighted by molar-refractivity contribution is 6.46. The van der Waals surface area contributed by atoms with Crippen molar-refractivity contribution < 1.29 is 14.7 Å². The Balaban J connectivity index is 2.13. The van der Waals surface area contributed by atoms with Crippen molar-refractivity contribution >= 4 is 17.4 Å². The van der Waals surface area contributed by atoms with Crippen molar-refractivity contribution in [3.8, 4) is 0 Å². The number of Topliss-reactive ketones (excluding diaryl/α,β-unsaturated/α-hetero) is 1. The Hall–Kier alpha value is -2.95. The van der Waals surface area contributed by atoms with Crippen LogP contribution in [0.5, 0.6) is 0 Å². The van der Waals surface area contributed by atoms with Gasteiger partial charge in [0, 0.05) is 18.0 Å². The second-order valence-corrected chi connectivity index (χ2v) is 4.65. The van der Waals surface area contributed by atoms with Crippen LogP contribution in [0.25, 0.3) is 5.76 Å². The highest BCUT2D eigenvalue weighted by Gasteiger charge is 2.39. The third-order valence-corrected chi connectivity index (χ3v) is 3.34. The van der Waals surface area contributed by atoms with Gasteiger partial charge in [0.1, 0.15) is 5.76 Å². The first-order valence-electron chi connectivity index (χ1n) is 6.42. The molecule has 5 nitrogen and oxygen atoms in total. The first-order valence-corrected chi connectivity index (χ1v) is 6.42. The lowest BCUT2D eigenvalue weighted by molar-refractivity contribution is -0.133. The Morgan fingerprint density at radius 2 is 1.86 bits per heavy atom. The molecule has 0 radical (unpaired) electrons. The third kappa shape index (κ3) is 2.29. The number of ketones is 1. The summed E-state index contributed by atoms with van der Waals surface area (Å²) in [7, 11) is 0. The molecule has 0 aliphatic carbocycles. The highest BCUT2D eigenvalue weighted by atomic mass is 16.3. The van der Waals surface area contributed by atoms with Crippen LogP contribution >= 0.6 is 0 Å². The van der Waals surface area contributed by atoms with Crippen molar-refractivity contribution in [1.29, 1.82) is 0 Å². The second kappa shape index (κ2) is 5.20. The van der Waals surface area contributed by atoms with E-state index in [9.17, 15) is 14.7 Å². The van der Waals surface area contributed by atoms with E-state index in [1.165, 1.54) is 0 Å². The lowest BCUT2D eigenvalue weighted by Crippen LogP contribution is -2.21. The summed E-state index contributed by atoms with van der Waals surface area (Å²) in [6, 6.07) is 11.4. The summed E-state index contributed by atoms with van der Waals surface area (Å²) in [5.74, 6) is -1.63. The number of aliphatic hydroxyl groups is 1. The van der Waals surface area contributed by atoms with Gasteiger partial charge in [0.05, 0.1) is 11.6 Å².